The Morgan fingerprint density at radius 3 is 0.667 bits per heavy atom. The molecule has 19 heteroatoms. The average molecular weight is 1490 g/mol. The van der Waals surface area contributed by atoms with Gasteiger partial charge in [-0.15, -0.1) is 0 Å². The summed E-state index contributed by atoms with van der Waals surface area (Å²) in [6.07, 6.45) is 65.2. The number of aliphatic hydroxyl groups excluding tert-OH is 1. The van der Waals surface area contributed by atoms with Gasteiger partial charge in [-0.1, -0.05) is 388 Å². The molecule has 0 bridgehead atoms. The van der Waals surface area contributed by atoms with Crippen LogP contribution < -0.4 is 0 Å². The van der Waals surface area contributed by atoms with E-state index in [9.17, 15) is 43.2 Å². The lowest BCUT2D eigenvalue weighted by atomic mass is 10.0. The van der Waals surface area contributed by atoms with E-state index < -0.39 is 97.5 Å². The van der Waals surface area contributed by atoms with Crippen molar-refractivity contribution in [3.05, 3.63) is 0 Å². The van der Waals surface area contributed by atoms with E-state index in [2.05, 4.69) is 41.5 Å². The van der Waals surface area contributed by atoms with Crippen LogP contribution in [0.3, 0.4) is 0 Å². The van der Waals surface area contributed by atoms with Crippen molar-refractivity contribution in [1.29, 1.82) is 0 Å². The van der Waals surface area contributed by atoms with Gasteiger partial charge in [0.1, 0.15) is 19.3 Å². The predicted molar refractivity (Wildman–Crippen MR) is 418 cm³/mol. The van der Waals surface area contributed by atoms with Crippen LogP contribution in [0.1, 0.15) is 440 Å². The number of hydrogen-bond acceptors (Lipinski definition) is 15. The average Bonchev–Trinajstić information content (AvgIpc) is 1.01. The summed E-state index contributed by atoms with van der Waals surface area (Å²) in [7, 11) is -9.92. The number of esters is 4. The summed E-state index contributed by atoms with van der Waals surface area (Å²) in [6.45, 7) is 9.69. The van der Waals surface area contributed by atoms with Gasteiger partial charge >= 0.3 is 39.5 Å². The number of phosphoric acid groups is 2. The van der Waals surface area contributed by atoms with Crippen molar-refractivity contribution in [3.63, 3.8) is 0 Å². The largest absolute Gasteiger partial charge is 0.472 e. The summed E-state index contributed by atoms with van der Waals surface area (Å²) >= 11 is 0. The van der Waals surface area contributed by atoms with Crippen LogP contribution in [-0.2, 0) is 65.4 Å². The Morgan fingerprint density at radius 2 is 0.451 bits per heavy atom. The summed E-state index contributed by atoms with van der Waals surface area (Å²) in [6, 6.07) is 0. The molecule has 102 heavy (non-hydrogen) atoms. The van der Waals surface area contributed by atoms with E-state index in [1.165, 1.54) is 257 Å². The molecule has 0 rings (SSSR count). The molecule has 0 saturated carbocycles. The molecule has 0 radical (unpaired) electrons. The maximum absolute atomic E-state index is 13.1. The second kappa shape index (κ2) is 74.5. The summed E-state index contributed by atoms with van der Waals surface area (Å²) in [5, 5.41) is 10.6. The van der Waals surface area contributed by atoms with Crippen LogP contribution in [0.2, 0.25) is 0 Å². The number of hydrogen-bond donors (Lipinski definition) is 3. The zero-order valence-corrected chi connectivity index (χ0v) is 68.7. The third-order valence-corrected chi connectivity index (χ3v) is 21.4. The zero-order chi connectivity index (χ0) is 74.9. The highest BCUT2D eigenvalue weighted by Gasteiger charge is 2.30. The van der Waals surface area contributed by atoms with Crippen molar-refractivity contribution in [1.82, 2.24) is 0 Å². The molecule has 0 aliphatic carbocycles. The first-order valence-electron chi connectivity index (χ1n) is 43.0. The molecule has 0 amide bonds. The van der Waals surface area contributed by atoms with E-state index in [0.29, 0.717) is 25.7 Å². The van der Waals surface area contributed by atoms with Crippen molar-refractivity contribution < 1.29 is 80.2 Å². The van der Waals surface area contributed by atoms with Gasteiger partial charge in [0.25, 0.3) is 0 Å². The lowest BCUT2D eigenvalue weighted by Crippen LogP contribution is -2.30. The van der Waals surface area contributed by atoms with Crippen LogP contribution in [0.15, 0.2) is 0 Å². The summed E-state index contributed by atoms with van der Waals surface area (Å²) in [4.78, 5) is 73.0. The minimum absolute atomic E-state index is 0.108. The van der Waals surface area contributed by atoms with Crippen LogP contribution in [0.5, 0.6) is 0 Å². The first-order chi connectivity index (χ1) is 49.4. The van der Waals surface area contributed by atoms with E-state index in [1.54, 1.807) is 0 Å². The molecule has 0 saturated heterocycles. The van der Waals surface area contributed by atoms with Gasteiger partial charge in [0.05, 0.1) is 26.4 Å². The second-order valence-electron chi connectivity index (χ2n) is 30.8. The van der Waals surface area contributed by atoms with E-state index in [0.717, 1.165) is 102 Å². The Labute approximate surface area is 626 Å². The second-order valence-corrected chi connectivity index (χ2v) is 33.7. The maximum atomic E-state index is 13.1. The number of carbonyl (C=O) groups is 4. The predicted octanol–water partition coefficient (Wildman–Crippen LogP) is 25.1. The fraction of sp³-hybridized carbons (Fsp3) is 0.952. The van der Waals surface area contributed by atoms with Gasteiger partial charge < -0.3 is 33.8 Å². The molecular formula is C83H162O17P2. The Balaban J connectivity index is 5.21. The van der Waals surface area contributed by atoms with Gasteiger partial charge in [-0.05, 0) is 37.5 Å². The quantitative estimate of drug-likeness (QED) is 0.0222. The molecule has 3 N–H and O–H groups in total. The first kappa shape index (κ1) is 100. The van der Waals surface area contributed by atoms with Gasteiger partial charge in [0.2, 0.25) is 0 Å². The van der Waals surface area contributed by atoms with Crippen LogP contribution in [-0.4, -0.2) is 96.7 Å². The number of phosphoric ester groups is 2. The molecule has 0 aromatic carbocycles. The molecule has 2 unspecified atom stereocenters. The Bertz CT molecular complexity index is 1960. The Hall–Kier alpha value is -1.94. The maximum Gasteiger partial charge on any atom is 0.472 e. The monoisotopic (exact) mass is 1490 g/mol. The topological polar surface area (TPSA) is 237 Å². The van der Waals surface area contributed by atoms with Crippen molar-refractivity contribution >= 4 is 39.5 Å². The van der Waals surface area contributed by atoms with E-state index in [1.807, 2.05) is 0 Å². The minimum atomic E-state index is -4.96. The smallest absolute Gasteiger partial charge is 0.462 e. The van der Waals surface area contributed by atoms with Gasteiger partial charge in [-0.3, -0.25) is 37.3 Å². The molecule has 606 valence electrons. The number of carbonyl (C=O) groups excluding carboxylic acids is 4. The molecular weight excluding hydrogens is 1330 g/mol. The lowest BCUT2D eigenvalue weighted by molar-refractivity contribution is -0.161. The van der Waals surface area contributed by atoms with Gasteiger partial charge in [0.15, 0.2) is 12.2 Å². The normalized spacial score (nSPS) is 13.9. The van der Waals surface area contributed by atoms with Crippen molar-refractivity contribution in [2.24, 2.45) is 11.8 Å². The Morgan fingerprint density at radius 1 is 0.265 bits per heavy atom. The first-order valence-corrected chi connectivity index (χ1v) is 46.0. The molecule has 5 atom stereocenters. The van der Waals surface area contributed by atoms with Crippen molar-refractivity contribution in [2.75, 3.05) is 39.6 Å². The summed E-state index contributed by atoms with van der Waals surface area (Å²) in [5.41, 5.74) is 0. The number of unbranched alkanes of at least 4 members (excludes halogenated alkanes) is 52. The highest BCUT2D eigenvalue weighted by atomic mass is 31.2. The third kappa shape index (κ3) is 76.3. The minimum Gasteiger partial charge on any atom is -0.462 e. The third-order valence-electron chi connectivity index (χ3n) is 19.5. The van der Waals surface area contributed by atoms with E-state index in [-0.39, 0.29) is 25.7 Å². The van der Waals surface area contributed by atoms with Crippen LogP contribution in [0.25, 0.3) is 0 Å². The van der Waals surface area contributed by atoms with E-state index >= 15 is 0 Å². The highest BCUT2D eigenvalue weighted by molar-refractivity contribution is 7.47. The molecule has 0 aliphatic heterocycles. The highest BCUT2D eigenvalue weighted by Crippen LogP contribution is 2.45. The summed E-state index contributed by atoms with van der Waals surface area (Å²) < 4.78 is 68.8. The molecule has 0 aromatic heterocycles. The van der Waals surface area contributed by atoms with Gasteiger partial charge in [0, 0.05) is 25.7 Å². The zero-order valence-electron chi connectivity index (χ0n) is 66.9. The summed E-state index contributed by atoms with van der Waals surface area (Å²) in [5.74, 6) is -0.494. The lowest BCUT2D eigenvalue weighted by Gasteiger charge is -2.21. The number of rotatable bonds is 82. The van der Waals surface area contributed by atoms with Gasteiger partial charge in [-0.2, -0.15) is 0 Å². The number of ether oxygens (including phenoxy) is 4. The van der Waals surface area contributed by atoms with Crippen LogP contribution in [0.4, 0.5) is 0 Å². The fourth-order valence-corrected chi connectivity index (χ4v) is 14.5. The van der Waals surface area contributed by atoms with E-state index in [4.69, 9.17) is 37.0 Å². The molecule has 0 aromatic rings. The van der Waals surface area contributed by atoms with Crippen molar-refractivity contribution in [3.8, 4) is 0 Å². The molecule has 0 aliphatic rings. The fourth-order valence-electron chi connectivity index (χ4n) is 12.9. The molecule has 0 fully saturated rings. The molecule has 0 spiro atoms. The van der Waals surface area contributed by atoms with Crippen molar-refractivity contribution in [2.45, 2.75) is 458 Å². The van der Waals surface area contributed by atoms with Crippen LogP contribution in [0, 0.1) is 11.8 Å². The molecule has 0 heterocycles. The number of aliphatic hydroxyl groups is 1. The molecule has 17 nitrogen and oxygen atoms in total. The Kier molecular flexibility index (Phi) is 73.1. The van der Waals surface area contributed by atoms with Crippen LogP contribution >= 0.6 is 15.6 Å². The van der Waals surface area contributed by atoms with Gasteiger partial charge in [-0.25, -0.2) is 9.13 Å². The standard InChI is InChI=1S/C83H162O17P2/c1-7-9-11-13-15-17-18-19-20-26-31-37-43-49-55-61-67-82(87)99-78(71-93-80(85)65-59-53-47-39-16-14-12-10-8-2)73-97-101(89,90)95-69-77(84)70-96-102(91,92)98-74-79(72-94-81(86)66-60-54-48-42-36-33-28-30-35-41-46-52-58-64-76(5)6)100-83(88)68-62-56-50-44-38-32-27-24-22-21-23-25-29-34-40-45-51-57-63-75(3)4/h75-79,84H,7-74H2,1-6H3,(H,89,90)(H,91,92)/t77-,78+,79+/m0/s1. The SMILES string of the molecule is CCCCCCCCCCCCCCCCCCC(=O)O[C@H](COC(=O)CCCCCCCCCCC)COP(=O)(O)OC[C@H](O)COP(=O)(O)OC[C@@H](COC(=O)CCCCCCCCCCCCCCCC(C)C)OC(=O)CCCCCCCCCCCCCCCCCCCCC(C)C.